The zero-order chi connectivity index (χ0) is 11.5. The smallest absolute Gasteiger partial charge is 0.313 e. The van der Waals surface area contributed by atoms with E-state index in [0.29, 0.717) is 0 Å². The van der Waals surface area contributed by atoms with Crippen molar-refractivity contribution in [2.45, 2.75) is 10.9 Å². The first-order valence-corrected chi connectivity index (χ1v) is 6.85. The molecule has 1 rings (SSSR count). The maximum absolute atomic E-state index is 10.9. The van der Waals surface area contributed by atoms with E-state index in [-0.39, 0.29) is 22.5 Å². The van der Waals surface area contributed by atoms with Gasteiger partial charge in [0.25, 0.3) is 0 Å². The number of H-pyrrole nitrogens is 1. The van der Waals surface area contributed by atoms with Crippen LogP contribution in [0, 0.1) is 0 Å². The first kappa shape index (κ1) is 12.0. The number of hydrogen-bond acceptors (Lipinski definition) is 6. The summed E-state index contributed by atoms with van der Waals surface area (Å²) < 4.78 is 21.8. The van der Waals surface area contributed by atoms with Crippen LogP contribution in [0.1, 0.15) is 5.82 Å². The number of carboxylic acid groups (broad SMARTS) is 1. The monoisotopic (exact) mass is 251 g/mol. The van der Waals surface area contributed by atoms with E-state index in [4.69, 9.17) is 5.11 Å². The predicted molar refractivity (Wildman–Crippen MR) is 53.3 cm³/mol. The van der Waals surface area contributed by atoms with Gasteiger partial charge >= 0.3 is 5.97 Å². The molecule has 0 aliphatic carbocycles. The summed E-state index contributed by atoms with van der Waals surface area (Å²) in [6.45, 7) is 0. The Balaban J connectivity index is 2.60. The number of rotatable bonds is 5. The normalized spacial score (nSPS) is 11.5. The van der Waals surface area contributed by atoms with E-state index in [9.17, 15) is 13.2 Å². The molecule has 0 aromatic carbocycles. The predicted octanol–water partition coefficient (Wildman–Crippen LogP) is -0.474. The molecule has 0 radical (unpaired) electrons. The van der Waals surface area contributed by atoms with Gasteiger partial charge in [0.05, 0.1) is 5.75 Å². The minimum absolute atomic E-state index is 0.157. The maximum Gasteiger partial charge on any atom is 0.313 e. The van der Waals surface area contributed by atoms with Crippen molar-refractivity contribution in [2.75, 3.05) is 12.0 Å². The van der Waals surface area contributed by atoms with Crippen molar-refractivity contribution < 1.29 is 18.3 Å². The van der Waals surface area contributed by atoms with E-state index in [1.54, 1.807) is 0 Å². The molecule has 1 aromatic heterocycles. The highest BCUT2D eigenvalue weighted by molar-refractivity contribution is 7.99. The van der Waals surface area contributed by atoms with Gasteiger partial charge in [-0.25, -0.2) is 13.4 Å². The van der Waals surface area contributed by atoms with Crippen LogP contribution in [0.3, 0.4) is 0 Å². The van der Waals surface area contributed by atoms with Crippen LogP contribution in [0.2, 0.25) is 0 Å². The number of aromatic nitrogens is 3. The Morgan fingerprint density at radius 3 is 2.80 bits per heavy atom. The molecule has 0 aliphatic heterocycles. The standard InChI is InChI=1S/C6H9N3O4S2/c1-15(12,13)3-4-7-6(9-8-4)14-2-5(10)11/h2-3H2,1H3,(H,10,11)(H,7,8,9). The topological polar surface area (TPSA) is 113 Å². The van der Waals surface area contributed by atoms with Crippen LogP contribution < -0.4 is 0 Å². The SMILES string of the molecule is CS(=O)(=O)Cc1nc(SCC(=O)O)n[nH]1. The summed E-state index contributed by atoms with van der Waals surface area (Å²) in [5.41, 5.74) is 0. The second-order valence-electron chi connectivity index (χ2n) is 2.82. The van der Waals surface area contributed by atoms with E-state index in [0.717, 1.165) is 18.0 Å². The summed E-state index contributed by atoms with van der Waals surface area (Å²) in [4.78, 5) is 14.0. The van der Waals surface area contributed by atoms with Crippen LogP contribution in [-0.4, -0.2) is 46.7 Å². The minimum atomic E-state index is -3.15. The van der Waals surface area contributed by atoms with Crippen molar-refractivity contribution in [3.8, 4) is 0 Å². The van der Waals surface area contributed by atoms with Crippen LogP contribution in [0.5, 0.6) is 0 Å². The molecule has 0 amide bonds. The second-order valence-corrected chi connectivity index (χ2v) is 5.90. The largest absolute Gasteiger partial charge is 0.481 e. The molecule has 1 aromatic rings. The molecular formula is C6H9N3O4S2. The van der Waals surface area contributed by atoms with Gasteiger partial charge in [-0.3, -0.25) is 9.89 Å². The Morgan fingerprint density at radius 2 is 2.27 bits per heavy atom. The van der Waals surface area contributed by atoms with Gasteiger partial charge < -0.3 is 5.11 Å². The molecule has 0 saturated carbocycles. The molecule has 0 saturated heterocycles. The highest BCUT2D eigenvalue weighted by atomic mass is 32.2. The third-order valence-electron chi connectivity index (χ3n) is 1.23. The Kier molecular flexibility index (Phi) is 3.69. The number of nitrogens with one attached hydrogen (secondary N) is 1. The van der Waals surface area contributed by atoms with Gasteiger partial charge in [-0.05, 0) is 0 Å². The molecule has 15 heavy (non-hydrogen) atoms. The quantitative estimate of drug-likeness (QED) is 0.680. The summed E-state index contributed by atoms with van der Waals surface area (Å²) in [7, 11) is -3.15. The summed E-state index contributed by atoms with van der Waals surface area (Å²) in [6.07, 6.45) is 1.08. The summed E-state index contributed by atoms with van der Waals surface area (Å²) >= 11 is 0.928. The van der Waals surface area contributed by atoms with Crippen molar-refractivity contribution in [3.05, 3.63) is 5.82 Å². The van der Waals surface area contributed by atoms with Crippen molar-refractivity contribution in [1.82, 2.24) is 15.2 Å². The fraction of sp³-hybridized carbons (Fsp3) is 0.500. The zero-order valence-corrected chi connectivity index (χ0v) is 9.43. The van der Waals surface area contributed by atoms with E-state index in [1.165, 1.54) is 0 Å². The van der Waals surface area contributed by atoms with E-state index >= 15 is 0 Å². The average molecular weight is 251 g/mol. The molecule has 7 nitrogen and oxygen atoms in total. The molecule has 1 heterocycles. The lowest BCUT2D eigenvalue weighted by Gasteiger charge is -1.91. The number of nitrogens with zero attached hydrogens (tertiary/aromatic N) is 2. The summed E-state index contributed by atoms with van der Waals surface area (Å²) in [6, 6.07) is 0. The number of thioether (sulfide) groups is 1. The molecule has 2 N–H and O–H groups in total. The zero-order valence-electron chi connectivity index (χ0n) is 7.80. The number of aliphatic carboxylic acids is 1. The number of carboxylic acids is 1. The van der Waals surface area contributed by atoms with Crippen LogP contribution in [0.4, 0.5) is 0 Å². The Morgan fingerprint density at radius 1 is 1.60 bits per heavy atom. The lowest BCUT2D eigenvalue weighted by atomic mass is 10.7. The van der Waals surface area contributed by atoms with Crippen LogP contribution >= 0.6 is 11.8 Å². The third-order valence-corrected chi connectivity index (χ3v) is 2.86. The Bertz CT molecular complexity index is 453. The second kappa shape index (κ2) is 4.62. The molecule has 84 valence electrons. The Hall–Kier alpha value is -1.09. The van der Waals surface area contributed by atoms with Gasteiger partial charge in [-0.1, -0.05) is 11.8 Å². The number of aromatic amines is 1. The van der Waals surface area contributed by atoms with E-state index in [2.05, 4.69) is 15.2 Å². The van der Waals surface area contributed by atoms with E-state index < -0.39 is 15.8 Å². The molecule has 0 fully saturated rings. The lowest BCUT2D eigenvalue weighted by molar-refractivity contribution is -0.133. The van der Waals surface area contributed by atoms with Crippen molar-refractivity contribution in [2.24, 2.45) is 0 Å². The fourth-order valence-electron chi connectivity index (χ4n) is 0.782. The molecular weight excluding hydrogens is 242 g/mol. The first-order chi connectivity index (χ1) is 6.87. The van der Waals surface area contributed by atoms with Gasteiger partial charge in [0.15, 0.2) is 9.84 Å². The summed E-state index contributed by atoms with van der Waals surface area (Å²) in [5.74, 6) is -1.15. The average Bonchev–Trinajstić information content (AvgIpc) is 2.45. The van der Waals surface area contributed by atoms with Crippen molar-refractivity contribution >= 4 is 27.6 Å². The first-order valence-electron chi connectivity index (χ1n) is 3.80. The van der Waals surface area contributed by atoms with Gasteiger partial charge in [-0.2, -0.15) is 0 Å². The molecule has 0 bridgehead atoms. The minimum Gasteiger partial charge on any atom is -0.481 e. The molecule has 0 spiro atoms. The molecule has 0 unspecified atom stereocenters. The molecule has 9 heteroatoms. The highest BCUT2D eigenvalue weighted by Crippen LogP contribution is 2.12. The third kappa shape index (κ3) is 4.79. The number of sulfone groups is 1. The molecule has 0 atom stereocenters. The fourth-order valence-corrected chi connectivity index (χ4v) is 1.94. The van der Waals surface area contributed by atoms with Crippen molar-refractivity contribution in [3.63, 3.8) is 0 Å². The maximum atomic E-state index is 10.9. The van der Waals surface area contributed by atoms with Gasteiger partial charge in [0, 0.05) is 6.26 Å². The van der Waals surface area contributed by atoms with Crippen LogP contribution in [0.25, 0.3) is 0 Å². The highest BCUT2D eigenvalue weighted by Gasteiger charge is 2.10. The summed E-state index contributed by atoms with van der Waals surface area (Å²) in [5, 5.41) is 14.7. The van der Waals surface area contributed by atoms with Gasteiger partial charge in [0.2, 0.25) is 5.16 Å². The molecule has 0 aliphatic rings. The van der Waals surface area contributed by atoms with E-state index in [1.807, 2.05) is 0 Å². The van der Waals surface area contributed by atoms with Crippen molar-refractivity contribution in [1.29, 1.82) is 0 Å². The Labute approximate surface area is 90.2 Å². The number of carbonyl (C=O) groups is 1. The van der Waals surface area contributed by atoms with Gasteiger partial charge in [-0.15, -0.1) is 5.10 Å². The van der Waals surface area contributed by atoms with Crippen LogP contribution in [-0.2, 0) is 20.4 Å². The number of hydrogen-bond donors (Lipinski definition) is 2. The lowest BCUT2D eigenvalue weighted by Crippen LogP contribution is -2.02. The van der Waals surface area contributed by atoms with Crippen LogP contribution in [0.15, 0.2) is 5.16 Å². The van der Waals surface area contributed by atoms with Gasteiger partial charge in [0.1, 0.15) is 11.6 Å².